The van der Waals surface area contributed by atoms with Crippen molar-refractivity contribution in [2.45, 2.75) is 16.5 Å². The van der Waals surface area contributed by atoms with Gasteiger partial charge < -0.3 is 16.4 Å². The zero-order chi connectivity index (χ0) is 16.8. The van der Waals surface area contributed by atoms with E-state index in [-0.39, 0.29) is 5.91 Å². The molecule has 2 aromatic heterocycles. The average Bonchev–Trinajstić information content (AvgIpc) is 3.14. The number of nitrogens with one attached hydrogen (secondary N) is 2. The molecule has 0 saturated heterocycles. The lowest BCUT2D eigenvalue weighted by molar-refractivity contribution is -0.115. The summed E-state index contributed by atoms with van der Waals surface area (Å²) in [6.45, 7) is 5.97. The molecule has 2 rings (SSSR count). The minimum atomic E-state index is -0.566. The van der Waals surface area contributed by atoms with Gasteiger partial charge in [-0.05, 0) is 18.4 Å². The van der Waals surface area contributed by atoms with E-state index in [1.54, 1.807) is 24.4 Å². The number of anilines is 2. The molecule has 0 aliphatic carbocycles. The highest BCUT2D eigenvalue weighted by atomic mass is 32.2. The van der Waals surface area contributed by atoms with Gasteiger partial charge in [-0.2, -0.15) is 0 Å². The number of nitrogens with zero attached hydrogens (tertiary/aromatic N) is 2. The van der Waals surface area contributed by atoms with Crippen molar-refractivity contribution in [2.24, 2.45) is 5.73 Å². The summed E-state index contributed by atoms with van der Waals surface area (Å²) in [6.07, 6.45) is 1.72. The smallest absolute Gasteiger partial charge is 0.251 e. The van der Waals surface area contributed by atoms with Gasteiger partial charge in [-0.15, -0.1) is 28.1 Å². The first-order valence-corrected chi connectivity index (χ1v) is 9.12. The Balaban J connectivity index is 1.94. The van der Waals surface area contributed by atoms with Gasteiger partial charge in [0.1, 0.15) is 5.00 Å². The first-order valence-electron chi connectivity index (χ1n) is 6.54. The second-order valence-corrected chi connectivity index (χ2v) is 7.80. The van der Waals surface area contributed by atoms with Gasteiger partial charge >= 0.3 is 0 Å². The molecule has 1 atom stereocenters. The van der Waals surface area contributed by atoms with Crippen LogP contribution in [0.1, 0.15) is 17.3 Å². The van der Waals surface area contributed by atoms with Crippen molar-refractivity contribution >= 4 is 56.4 Å². The number of carbonyl (C=O) groups is 2. The SMILES string of the molecule is C=CCNc1nnc(S[C@H](C)C(=O)Nc2sccc2C(N)=O)s1. The summed E-state index contributed by atoms with van der Waals surface area (Å²) >= 11 is 3.92. The Morgan fingerprint density at radius 1 is 1.52 bits per heavy atom. The Morgan fingerprint density at radius 2 is 2.30 bits per heavy atom. The van der Waals surface area contributed by atoms with Crippen molar-refractivity contribution in [3.63, 3.8) is 0 Å². The van der Waals surface area contributed by atoms with E-state index in [4.69, 9.17) is 5.73 Å². The highest BCUT2D eigenvalue weighted by Crippen LogP contribution is 2.30. The van der Waals surface area contributed by atoms with E-state index in [1.165, 1.54) is 34.4 Å². The number of nitrogens with two attached hydrogens (primary N) is 1. The van der Waals surface area contributed by atoms with E-state index in [0.29, 0.717) is 26.6 Å². The number of thiophene rings is 1. The van der Waals surface area contributed by atoms with E-state index >= 15 is 0 Å². The van der Waals surface area contributed by atoms with Gasteiger partial charge in [0, 0.05) is 6.54 Å². The molecule has 0 bridgehead atoms. The Kier molecular flexibility index (Phi) is 6.13. The molecule has 0 radical (unpaired) electrons. The predicted octanol–water partition coefficient (Wildman–Crippen LogP) is 2.42. The van der Waals surface area contributed by atoms with Crippen LogP contribution in [-0.4, -0.2) is 33.8 Å². The van der Waals surface area contributed by atoms with Crippen LogP contribution >= 0.6 is 34.4 Å². The molecule has 0 fully saturated rings. The van der Waals surface area contributed by atoms with Crippen LogP contribution in [0.25, 0.3) is 0 Å². The Hall–Kier alpha value is -1.91. The normalized spacial score (nSPS) is 11.7. The van der Waals surface area contributed by atoms with E-state index in [1.807, 2.05) is 0 Å². The molecular formula is C13H15N5O2S3. The molecule has 2 heterocycles. The van der Waals surface area contributed by atoms with Crippen LogP contribution in [-0.2, 0) is 4.79 Å². The van der Waals surface area contributed by atoms with Crippen LogP contribution in [0, 0.1) is 0 Å². The van der Waals surface area contributed by atoms with Gasteiger partial charge in [0.15, 0.2) is 4.34 Å². The maximum absolute atomic E-state index is 12.2. The summed E-state index contributed by atoms with van der Waals surface area (Å²) in [5, 5.41) is 16.2. The largest absolute Gasteiger partial charge is 0.366 e. The Labute approximate surface area is 145 Å². The van der Waals surface area contributed by atoms with Crippen LogP contribution in [0.4, 0.5) is 10.1 Å². The molecule has 10 heteroatoms. The third-order valence-electron chi connectivity index (χ3n) is 2.62. The first-order chi connectivity index (χ1) is 11.0. The summed E-state index contributed by atoms with van der Waals surface area (Å²) in [7, 11) is 0. The van der Waals surface area contributed by atoms with E-state index < -0.39 is 11.2 Å². The Bertz CT molecular complexity index is 712. The van der Waals surface area contributed by atoms with Crippen molar-refractivity contribution in [2.75, 3.05) is 17.2 Å². The number of carbonyl (C=O) groups excluding carboxylic acids is 2. The summed E-state index contributed by atoms with van der Waals surface area (Å²) < 4.78 is 0.681. The molecule has 2 amide bonds. The van der Waals surface area contributed by atoms with Crippen molar-refractivity contribution in [3.8, 4) is 0 Å². The summed E-state index contributed by atoms with van der Waals surface area (Å²) in [6, 6.07) is 1.59. The number of amides is 2. The lowest BCUT2D eigenvalue weighted by Crippen LogP contribution is -2.23. The van der Waals surface area contributed by atoms with E-state index in [0.717, 1.165) is 0 Å². The van der Waals surface area contributed by atoms with Gasteiger partial charge in [-0.1, -0.05) is 29.2 Å². The molecule has 4 N–H and O–H groups in total. The second-order valence-electron chi connectivity index (χ2n) is 4.32. The molecule has 7 nitrogen and oxygen atoms in total. The molecule has 0 aliphatic rings. The number of rotatable bonds is 8. The quantitative estimate of drug-likeness (QED) is 0.487. The molecule has 2 aromatic rings. The second kappa shape index (κ2) is 8.09. The lowest BCUT2D eigenvalue weighted by Gasteiger charge is -2.09. The predicted molar refractivity (Wildman–Crippen MR) is 95.4 cm³/mol. The first kappa shape index (κ1) is 17.4. The maximum Gasteiger partial charge on any atom is 0.251 e. The minimum absolute atomic E-state index is 0.226. The zero-order valence-electron chi connectivity index (χ0n) is 12.2. The van der Waals surface area contributed by atoms with Crippen LogP contribution < -0.4 is 16.4 Å². The highest BCUT2D eigenvalue weighted by Gasteiger charge is 2.20. The molecule has 0 spiro atoms. The van der Waals surface area contributed by atoms with Crippen LogP contribution in [0.15, 0.2) is 28.4 Å². The topological polar surface area (TPSA) is 110 Å². The van der Waals surface area contributed by atoms with Crippen LogP contribution in [0.3, 0.4) is 0 Å². The molecule has 23 heavy (non-hydrogen) atoms. The third-order valence-corrected chi connectivity index (χ3v) is 5.51. The number of hydrogen-bond donors (Lipinski definition) is 3. The molecular weight excluding hydrogens is 354 g/mol. The minimum Gasteiger partial charge on any atom is -0.366 e. The van der Waals surface area contributed by atoms with Gasteiger partial charge in [-0.3, -0.25) is 9.59 Å². The zero-order valence-corrected chi connectivity index (χ0v) is 14.7. The third kappa shape index (κ3) is 4.78. The van der Waals surface area contributed by atoms with Crippen molar-refractivity contribution in [1.82, 2.24) is 10.2 Å². The highest BCUT2D eigenvalue weighted by molar-refractivity contribution is 8.02. The maximum atomic E-state index is 12.2. The Morgan fingerprint density at radius 3 is 3.00 bits per heavy atom. The molecule has 0 unspecified atom stereocenters. The lowest BCUT2D eigenvalue weighted by atomic mass is 10.3. The number of aromatic nitrogens is 2. The fraction of sp³-hybridized carbons (Fsp3) is 0.231. The van der Waals surface area contributed by atoms with E-state index in [9.17, 15) is 9.59 Å². The number of thioether (sulfide) groups is 1. The standard InChI is InChI=1S/C13H15N5O2S3/c1-3-5-15-12-17-18-13(23-12)22-7(2)10(20)16-11-8(9(14)19)4-6-21-11/h3-4,6-7H,1,5H2,2H3,(H2,14,19)(H,15,17)(H,16,20)/t7-/m1/s1. The van der Waals surface area contributed by atoms with Gasteiger partial charge in [0.05, 0.1) is 10.8 Å². The average molecular weight is 369 g/mol. The summed E-state index contributed by atoms with van der Waals surface area (Å²) in [5.41, 5.74) is 5.57. The van der Waals surface area contributed by atoms with Crippen molar-refractivity contribution < 1.29 is 9.59 Å². The van der Waals surface area contributed by atoms with Crippen LogP contribution in [0.5, 0.6) is 0 Å². The molecule has 0 aliphatic heterocycles. The van der Waals surface area contributed by atoms with Gasteiger partial charge in [0.25, 0.3) is 5.91 Å². The number of hydrogen-bond acceptors (Lipinski definition) is 8. The van der Waals surface area contributed by atoms with Crippen molar-refractivity contribution in [1.29, 1.82) is 0 Å². The fourth-order valence-electron chi connectivity index (χ4n) is 1.51. The van der Waals surface area contributed by atoms with Gasteiger partial charge in [0.2, 0.25) is 11.0 Å². The summed E-state index contributed by atoms with van der Waals surface area (Å²) in [4.78, 5) is 23.5. The molecule has 0 saturated carbocycles. The van der Waals surface area contributed by atoms with Crippen molar-refractivity contribution in [3.05, 3.63) is 29.7 Å². The van der Waals surface area contributed by atoms with E-state index in [2.05, 4.69) is 27.4 Å². The molecule has 0 aromatic carbocycles. The summed E-state index contributed by atoms with van der Waals surface area (Å²) in [5.74, 6) is -0.792. The monoisotopic (exact) mass is 369 g/mol. The number of primary amides is 1. The fourth-order valence-corrected chi connectivity index (χ4v) is 4.20. The molecule has 122 valence electrons. The van der Waals surface area contributed by atoms with Crippen LogP contribution in [0.2, 0.25) is 0 Å². The van der Waals surface area contributed by atoms with Gasteiger partial charge in [-0.25, -0.2) is 0 Å².